The Bertz CT molecular complexity index is 647. The molecule has 1 unspecified atom stereocenters. The predicted molar refractivity (Wildman–Crippen MR) is 97.1 cm³/mol. The number of carbonyl (C=O) groups excluding carboxylic acids is 4. The van der Waals surface area contributed by atoms with Crippen molar-refractivity contribution in [3.8, 4) is 0 Å². The van der Waals surface area contributed by atoms with Crippen LogP contribution < -0.4 is 27.8 Å². The summed E-state index contributed by atoms with van der Waals surface area (Å²) in [5, 5.41) is 5.24. The van der Waals surface area contributed by atoms with Crippen LogP contribution in [0.15, 0.2) is 4.99 Å². The van der Waals surface area contributed by atoms with Gasteiger partial charge in [-0.05, 0) is 26.3 Å². The maximum absolute atomic E-state index is 13.1. The molecule has 2 aliphatic rings. The Morgan fingerprint density at radius 3 is 2.48 bits per heavy atom. The molecular weight excluding hydrogens is 354 g/mol. The Kier molecular flexibility index (Phi) is 6.72. The minimum atomic E-state index is -0.905. The van der Waals surface area contributed by atoms with Gasteiger partial charge in [0.25, 0.3) is 0 Å². The van der Waals surface area contributed by atoms with Crippen molar-refractivity contribution in [1.29, 1.82) is 0 Å². The SMILES string of the molecule is CN1CC(=O)N[C@@H](C(=O)C2C[C@H](C(N)=O)NC(=O)[C@@H]2CCCN=C(N)N)C1. The van der Waals surface area contributed by atoms with Crippen molar-refractivity contribution in [1.82, 2.24) is 15.5 Å². The van der Waals surface area contributed by atoms with Crippen molar-refractivity contribution in [2.24, 2.45) is 34.0 Å². The number of carbonyl (C=O) groups is 4. The summed E-state index contributed by atoms with van der Waals surface area (Å²) in [5.41, 5.74) is 15.9. The summed E-state index contributed by atoms with van der Waals surface area (Å²) in [7, 11) is 1.74. The Hall–Kier alpha value is -2.69. The molecule has 0 bridgehead atoms. The number of hydrogen-bond donors (Lipinski definition) is 5. The summed E-state index contributed by atoms with van der Waals surface area (Å²) in [5.74, 6) is -2.99. The van der Waals surface area contributed by atoms with Gasteiger partial charge in [0, 0.05) is 24.9 Å². The van der Waals surface area contributed by atoms with Gasteiger partial charge in [-0.25, -0.2) is 0 Å². The fourth-order valence-corrected chi connectivity index (χ4v) is 3.62. The number of Topliss-reactive ketones (excluding diaryl/α,β-unsaturated/α-hetero) is 1. The van der Waals surface area contributed by atoms with Crippen molar-refractivity contribution >= 4 is 29.5 Å². The highest BCUT2D eigenvalue weighted by atomic mass is 16.2. The summed E-state index contributed by atoms with van der Waals surface area (Å²) in [6, 6.07) is -1.63. The van der Waals surface area contributed by atoms with Gasteiger partial charge in [-0.2, -0.15) is 0 Å². The third-order valence-corrected chi connectivity index (χ3v) is 4.89. The topological polar surface area (TPSA) is 186 Å². The van der Waals surface area contributed by atoms with E-state index in [-0.39, 0.29) is 30.6 Å². The predicted octanol–water partition coefficient (Wildman–Crippen LogP) is -3.35. The van der Waals surface area contributed by atoms with E-state index in [9.17, 15) is 19.2 Å². The van der Waals surface area contributed by atoms with E-state index in [2.05, 4.69) is 15.6 Å². The van der Waals surface area contributed by atoms with Crippen LogP contribution in [0.3, 0.4) is 0 Å². The molecule has 2 rings (SSSR count). The number of piperazine rings is 1. The van der Waals surface area contributed by atoms with Crippen LogP contribution in [0, 0.1) is 11.8 Å². The van der Waals surface area contributed by atoms with E-state index >= 15 is 0 Å². The van der Waals surface area contributed by atoms with E-state index in [1.54, 1.807) is 11.9 Å². The molecule has 0 aromatic carbocycles. The van der Waals surface area contributed by atoms with Crippen LogP contribution in [0.25, 0.3) is 0 Å². The van der Waals surface area contributed by atoms with Gasteiger partial charge in [0.15, 0.2) is 11.7 Å². The standard InChI is InChI=1S/C16H27N7O4/c1-23-6-11(21-12(24)7-23)13(25)9-5-10(14(17)26)22-15(27)8(9)3-2-4-20-16(18)19/h8-11H,2-7H2,1H3,(H2,17,26)(H,21,24)(H,22,27)(H4,18,19,20)/t8-,9?,10-,11-/m1/s1. The lowest BCUT2D eigenvalue weighted by Gasteiger charge is -2.37. The number of primary amides is 1. The van der Waals surface area contributed by atoms with E-state index in [0.717, 1.165) is 0 Å². The third kappa shape index (κ3) is 5.39. The summed E-state index contributed by atoms with van der Waals surface area (Å²) in [6.07, 6.45) is 0.988. The van der Waals surface area contributed by atoms with Crippen LogP contribution in [0.5, 0.6) is 0 Å². The second kappa shape index (κ2) is 8.80. The molecule has 2 heterocycles. The molecule has 3 amide bonds. The second-order valence-corrected chi connectivity index (χ2v) is 7.08. The van der Waals surface area contributed by atoms with E-state index < -0.39 is 35.7 Å². The smallest absolute Gasteiger partial charge is 0.240 e. The van der Waals surface area contributed by atoms with E-state index in [0.29, 0.717) is 25.9 Å². The van der Waals surface area contributed by atoms with Crippen LogP contribution >= 0.6 is 0 Å². The van der Waals surface area contributed by atoms with Crippen molar-refractivity contribution in [3.63, 3.8) is 0 Å². The van der Waals surface area contributed by atoms with Crippen LogP contribution in [0.4, 0.5) is 0 Å². The lowest BCUT2D eigenvalue weighted by atomic mass is 9.75. The van der Waals surface area contributed by atoms with Crippen molar-refractivity contribution in [2.45, 2.75) is 31.3 Å². The molecule has 0 saturated carbocycles. The molecule has 150 valence electrons. The minimum Gasteiger partial charge on any atom is -0.370 e. The molecule has 11 heteroatoms. The number of nitrogens with one attached hydrogen (secondary N) is 2. The van der Waals surface area contributed by atoms with Gasteiger partial charge in [-0.1, -0.05) is 0 Å². The van der Waals surface area contributed by atoms with Gasteiger partial charge in [0.2, 0.25) is 17.7 Å². The first-order valence-corrected chi connectivity index (χ1v) is 8.85. The molecule has 11 nitrogen and oxygen atoms in total. The van der Waals surface area contributed by atoms with Crippen LogP contribution in [-0.2, 0) is 19.2 Å². The summed E-state index contributed by atoms with van der Waals surface area (Å²) < 4.78 is 0. The zero-order valence-corrected chi connectivity index (χ0v) is 15.3. The first kappa shape index (κ1) is 20.6. The van der Waals surface area contributed by atoms with Crippen molar-refractivity contribution < 1.29 is 19.2 Å². The lowest BCUT2D eigenvalue weighted by Crippen LogP contribution is -2.61. The zero-order chi connectivity index (χ0) is 20.1. The molecule has 0 spiro atoms. The number of rotatable bonds is 7. The number of hydrogen-bond acceptors (Lipinski definition) is 6. The van der Waals surface area contributed by atoms with Crippen LogP contribution in [0.1, 0.15) is 19.3 Å². The van der Waals surface area contributed by atoms with Crippen molar-refractivity contribution in [3.05, 3.63) is 0 Å². The fourth-order valence-electron chi connectivity index (χ4n) is 3.62. The molecule has 0 radical (unpaired) electrons. The average Bonchev–Trinajstić information content (AvgIpc) is 2.57. The molecule has 0 aromatic rings. The number of piperidine rings is 1. The minimum absolute atomic E-state index is 0.0440. The molecule has 2 saturated heterocycles. The number of amides is 3. The largest absolute Gasteiger partial charge is 0.370 e. The first-order chi connectivity index (χ1) is 12.7. The quantitative estimate of drug-likeness (QED) is 0.173. The van der Waals surface area contributed by atoms with Gasteiger partial charge in [-0.3, -0.25) is 29.1 Å². The zero-order valence-electron chi connectivity index (χ0n) is 15.3. The Balaban J connectivity index is 2.15. The maximum atomic E-state index is 13.1. The summed E-state index contributed by atoms with van der Waals surface area (Å²) in [4.78, 5) is 54.5. The number of ketones is 1. The van der Waals surface area contributed by atoms with Gasteiger partial charge in [0.1, 0.15) is 12.1 Å². The van der Waals surface area contributed by atoms with Gasteiger partial charge in [-0.15, -0.1) is 0 Å². The molecule has 2 fully saturated rings. The highest BCUT2D eigenvalue weighted by Gasteiger charge is 2.44. The molecule has 0 aliphatic carbocycles. The molecule has 0 aromatic heterocycles. The highest BCUT2D eigenvalue weighted by Crippen LogP contribution is 2.29. The normalized spacial score (nSPS) is 28.8. The second-order valence-electron chi connectivity index (χ2n) is 7.08. The third-order valence-electron chi connectivity index (χ3n) is 4.89. The fraction of sp³-hybridized carbons (Fsp3) is 0.688. The Labute approximate surface area is 157 Å². The molecule has 8 N–H and O–H groups in total. The number of nitrogens with zero attached hydrogens (tertiary/aromatic N) is 2. The number of aliphatic imine (C=N–C) groups is 1. The first-order valence-electron chi connectivity index (χ1n) is 8.85. The Morgan fingerprint density at radius 2 is 1.89 bits per heavy atom. The number of guanidine groups is 1. The summed E-state index contributed by atoms with van der Waals surface area (Å²) in [6.45, 7) is 0.889. The van der Waals surface area contributed by atoms with E-state index in [1.165, 1.54) is 0 Å². The van der Waals surface area contributed by atoms with E-state index in [1.807, 2.05) is 0 Å². The lowest BCUT2D eigenvalue weighted by molar-refractivity contribution is -0.143. The van der Waals surface area contributed by atoms with Crippen molar-refractivity contribution in [2.75, 3.05) is 26.7 Å². The Morgan fingerprint density at radius 1 is 1.19 bits per heavy atom. The molecule has 27 heavy (non-hydrogen) atoms. The number of nitrogens with two attached hydrogens (primary N) is 3. The van der Waals surface area contributed by atoms with Gasteiger partial charge < -0.3 is 27.8 Å². The average molecular weight is 381 g/mol. The van der Waals surface area contributed by atoms with Gasteiger partial charge in [0.05, 0.1) is 6.54 Å². The van der Waals surface area contributed by atoms with Crippen LogP contribution in [0.2, 0.25) is 0 Å². The van der Waals surface area contributed by atoms with Gasteiger partial charge >= 0.3 is 0 Å². The van der Waals surface area contributed by atoms with Crippen LogP contribution in [-0.4, -0.2) is 73.1 Å². The molecule has 2 aliphatic heterocycles. The molecular formula is C16H27N7O4. The highest BCUT2D eigenvalue weighted by molar-refractivity contribution is 5.98. The monoisotopic (exact) mass is 381 g/mol. The van der Waals surface area contributed by atoms with E-state index in [4.69, 9.17) is 17.2 Å². The maximum Gasteiger partial charge on any atom is 0.240 e. The summed E-state index contributed by atoms with van der Waals surface area (Å²) >= 11 is 0. The molecule has 4 atom stereocenters. The number of likely N-dealkylation sites (N-methyl/N-ethyl adjacent to an activating group) is 1.